The second-order valence-electron chi connectivity index (χ2n) is 7.23. The fraction of sp³-hybridized carbons (Fsp3) is 0.364. The first-order valence-corrected chi connectivity index (χ1v) is 9.38. The van der Waals surface area contributed by atoms with Gasteiger partial charge in [0, 0.05) is 37.4 Å². The average Bonchev–Trinajstić information content (AvgIpc) is 2.66. The van der Waals surface area contributed by atoms with Crippen LogP contribution in [0.4, 0.5) is 5.69 Å². The number of carbonyl (C=O) groups excluding carboxylic acids is 2. The lowest BCUT2D eigenvalue weighted by atomic mass is 10.1. The summed E-state index contributed by atoms with van der Waals surface area (Å²) < 4.78 is 0. The molecule has 2 amide bonds. The maximum atomic E-state index is 12.7. The molecule has 0 aliphatic carbocycles. The Morgan fingerprint density at radius 3 is 2.26 bits per heavy atom. The standard InChI is InChI=1S/C22H27N3O2/c1-16-8-9-19(14-18(16)3)22(27)25-12-10-24(11-13-25)15-21(26)23-20-7-5-4-6-17(20)2/h4-9,14H,10-13,15H2,1-3H3,(H,23,26). The number of piperazine rings is 1. The number of carbonyl (C=O) groups is 2. The number of hydrogen-bond donors (Lipinski definition) is 1. The highest BCUT2D eigenvalue weighted by molar-refractivity contribution is 5.95. The lowest BCUT2D eigenvalue weighted by molar-refractivity contribution is -0.117. The Labute approximate surface area is 161 Å². The quantitative estimate of drug-likeness (QED) is 0.906. The molecule has 3 rings (SSSR count). The highest BCUT2D eigenvalue weighted by Crippen LogP contribution is 2.15. The van der Waals surface area contributed by atoms with Crippen LogP contribution in [0.15, 0.2) is 42.5 Å². The molecular formula is C22H27N3O2. The lowest BCUT2D eigenvalue weighted by Crippen LogP contribution is -2.50. The Hall–Kier alpha value is -2.66. The van der Waals surface area contributed by atoms with E-state index in [2.05, 4.69) is 10.2 Å². The molecule has 1 heterocycles. The number of aryl methyl sites for hydroxylation is 3. The summed E-state index contributed by atoms with van der Waals surface area (Å²) in [4.78, 5) is 29.0. The first-order valence-electron chi connectivity index (χ1n) is 9.38. The minimum Gasteiger partial charge on any atom is -0.336 e. The number of amides is 2. The summed E-state index contributed by atoms with van der Waals surface area (Å²) in [7, 11) is 0. The van der Waals surface area contributed by atoms with Crippen molar-refractivity contribution in [3.63, 3.8) is 0 Å². The van der Waals surface area contributed by atoms with E-state index in [4.69, 9.17) is 0 Å². The van der Waals surface area contributed by atoms with Crippen molar-refractivity contribution in [2.75, 3.05) is 38.0 Å². The van der Waals surface area contributed by atoms with Gasteiger partial charge in [-0.2, -0.15) is 0 Å². The van der Waals surface area contributed by atoms with E-state index in [-0.39, 0.29) is 11.8 Å². The Morgan fingerprint density at radius 2 is 1.59 bits per heavy atom. The van der Waals surface area contributed by atoms with E-state index in [9.17, 15) is 9.59 Å². The number of benzene rings is 2. The van der Waals surface area contributed by atoms with Crippen molar-refractivity contribution >= 4 is 17.5 Å². The molecule has 1 fully saturated rings. The molecule has 2 aromatic rings. The van der Waals surface area contributed by atoms with Crippen LogP contribution < -0.4 is 5.32 Å². The number of nitrogens with zero attached hydrogens (tertiary/aromatic N) is 2. The van der Waals surface area contributed by atoms with Crippen molar-refractivity contribution in [2.45, 2.75) is 20.8 Å². The molecule has 2 aromatic carbocycles. The van der Waals surface area contributed by atoms with Crippen LogP contribution in [0.3, 0.4) is 0 Å². The van der Waals surface area contributed by atoms with Crippen molar-refractivity contribution in [3.05, 3.63) is 64.7 Å². The molecular weight excluding hydrogens is 338 g/mol. The molecule has 1 aliphatic heterocycles. The zero-order valence-electron chi connectivity index (χ0n) is 16.3. The van der Waals surface area contributed by atoms with Crippen LogP contribution in [-0.4, -0.2) is 54.3 Å². The van der Waals surface area contributed by atoms with Gasteiger partial charge in [0.1, 0.15) is 0 Å². The molecule has 0 saturated carbocycles. The third-order valence-corrected chi connectivity index (χ3v) is 5.20. The van der Waals surface area contributed by atoms with Gasteiger partial charge in [-0.1, -0.05) is 24.3 Å². The van der Waals surface area contributed by atoms with Crippen LogP contribution in [0.5, 0.6) is 0 Å². The van der Waals surface area contributed by atoms with Gasteiger partial charge in [0.05, 0.1) is 6.54 Å². The highest BCUT2D eigenvalue weighted by Gasteiger charge is 2.23. The Bertz CT molecular complexity index is 839. The van der Waals surface area contributed by atoms with E-state index < -0.39 is 0 Å². The SMILES string of the molecule is Cc1ccc(C(=O)N2CCN(CC(=O)Nc3ccccc3C)CC2)cc1C. The largest absolute Gasteiger partial charge is 0.336 e. The van der Waals surface area contributed by atoms with Crippen molar-refractivity contribution in [1.82, 2.24) is 9.80 Å². The van der Waals surface area contributed by atoms with Gasteiger partial charge in [-0.15, -0.1) is 0 Å². The summed E-state index contributed by atoms with van der Waals surface area (Å²) in [5.41, 5.74) is 4.97. The zero-order chi connectivity index (χ0) is 19.4. The van der Waals surface area contributed by atoms with Crippen molar-refractivity contribution in [1.29, 1.82) is 0 Å². The van der Waals surface area contributed by atoms with E-state index in [1.54, 1.807) is 0 Å². The summed E-state index contributed by atoms with van der Waals surface area (Å²) in [6.45, 7) is 9.09. The van der Waals surface area contributed by atoms with Crippen molar-refractivity contribution in [3.8, 4) is 0 Å². The van der Waals surface area contributed by atoms with Gasteiger partial charge in [-0.05, 0) is 55.7 Å². The fourth-order valence-corrected chi connectivity index (χ4v) is 3.27. The molecule has 0 spiro atoms. The smallest absolute Gasteiger partial charge is 0.253 e. The highest BCUT2D eigenvalue weighted by atomic mass is 16.2. The number of anilines is 1. The maximum Gasteiger partial charge on any atom is 0.253 e. The molecule has 142 valence electrons. The van der Waals surface area contributed by atoms with Gasteiger partial charge in [0.25, 0.3) is 5.91 Å². The van der Waals surface area contributed by atoms with Gasteiger partial charge >= 0.3 is 0 Å². The number of hydrogen-bond acceptors (Lipinski definition) is 3. The molecule has 5 heteroatoms. The lowest BCUT2D eigenvalue weighted by Gasteiger charge is -2.34. The first-order chi connectivity index (χ1) is 12.9. The van der Waals surface area contributed by atoms with E-state index in [1.165, 1.54) is 5.56 Å². The second kappa shape index (κ2) is 8.35. The molecule has 0 radical (unpaired) electrons. The van der Waals surface area contributed by atoms with Crippen LogP contribution in [-0.2, 0) is 4.79 Å². The summed E-state index contributed by atoms with van der Waals surface area (Å²) in [6, 6.07) is 13.6. The predicted octanol–water partition coefficient (Wildman–Crippen LogP) is 3.01. The molecule has 1 aliphatic rings. The molecule has 1 saturated heterocycles. The van der Waals surface area contributed by atoms with Crippen molar-refractivity contribution in [2.24, 2.45) is 0 Å². The van der Waals surface area contributed by atoms with E-state index >= 15 is 0 Å². The number of nitrogens with one attached hydrogen (secondary N) is 1. The molecule has 0 bridgehead atoms. The molecule has 27 heavy (non-hydrogen) atoms. The number of rotatable bonds is 4. The third kappa shape index (κ3) is 4.74. The number of para-hydroxylation sites is 1. The van der Waals surface area contributed by atoms with Crippen LogP contribution >= 0.6 is 0 Å². The van der Waals surface area contributed by atoms with Gasteiger partial charge in [0.2, 0.25) is 5.91 Å². The zero-order valence-corrected chi connectivity index (χ0v) is 16.3. The van der Waals surface area contributed by atoms with E-state index in [1.807, 2.05) is 68.1 Å². The van der Waals surface area contributed by atoms with E-state index in [0.717, 1.165) is 22.4 Å². The topological polar surface area (TPSA) is 52.7 Å². The minimum atomic E-state index is -0.0155. The van der Waals surface area contributed by atoms with Crippen molar-refractivity contribution < 1.29 is 9.59 Å². The summed E-state index contributed by atoms with van der Waals surface area (Å²) in [6.07, 6.45) is 0. The van der Waals surface area contributed by atoms with Crippen LogP contribution in [0, 0.1) is 20.8 Å². The molecule has 0 aromatic heterocycles. The van der Waals surface area contributed by atoms with Gasteiger partial charge in [-0.25, -0.2) is 0 Å². The Kier molecular flexibility index (Phi) is 5.91. The summed E-state index contributed by atoms with van der Waals surface area (Å²) in [5.74, 6) is 0.0559. The van der Waals surface area contributed by atoms with Crippen LogP contribution in [0.2, 0.25) is 0 Å². The predicted molar refractivity (Wildman–Crippen MR) is 108 cm³/mol. The fourth-order valence-electron chi connectivity index (χ4n) is 3.27. The Morgan fingerprint density at radius 1 is 0.889 bits per heavy atom. The minimum absolute atomic E-state index is 0.0155. The Balaban J connectivity index is 1.51. The molecule has 0 atom stereocenters. The van der Waals surface area contributed by atoms with Crippen LogP contribution in [0.1, 0.15) is 27.0 Å². The normalized spacial score (nSPS) is 14.9. The third-order valence-electron chi connectivity index (χ3n) is 5.20. The monoisotopic (exact) mass is 365 g/mol. The second-order valence-corrected chi connectivity index (χ2v) is 7.23. The van der Waals surface area contributed by atoms with Gasteiger partial charge in [-0.3, -0.25) is 14.5 Å². The average molecular weight is 365 g/mol. The summed E-state index contributed by atoms with van der Waals surface area (Å²) >= 11 is 0. The molecule has 1 N–H and O–H groups in total. The van der Waals surface area contributed by atoms with Crippen LogP contribution in [0.25, 0.3) is 0 Å². The first kappa shape index (κ1) is 19.1. The molecule has 5 nitrogen and oxygen atoms in total. The maximum absolute atomic E-state index is 12.7. The molecule has 0 unspecified atom stereocenters. The van der Waals surface area contributed by atoms with Gasteiger partial charge < -0.3 is 10.2 Å². The van der Waals surface area contributed by atoms with E-state index in [0.29, 0.717) is 32.7 Å². The summed E-state index contributed by atoms with van der Waals surface area (Å²) in [5, 5.41) is 2.97. The van der Waals surface area contributed by atoms with Gasteiger partial charge in [0.15, 0.2) is 0 Å².